The van der Waals surface area contributed by atoms with E-state index in [1.165, 1.54) is 4.85 Å². The molecule has 0 unspecified atom stereocenters. The lowest BCUT2D eigenvalue weighted by molar-refractivity contribution is 0.0979. The van der Waals surface area contributed by atoms with Crippen molar-refractivity contribution in [3.63, 3.8) is 0 Å². The van der Waals surface area contributed by atoms with Crippen LogP contribution in [-0.4, -0.2) is 28.1 Å². The monoisotopic (exact) mass is 191 g/mol. The van der Waals surface area contributed by atoms with Crippen LogP contribution in [0.5, 0.6) is 0 Å². The SMILES string of the molecule is CCOn1nnc2cc(C=O)ccc21. The van der Waals surface area contributed by atoms with Crippen LogP contribution in [0.25, 0.3) is 11.0 Å². The van der Waals surface area contributed by atoms with Gasteiger partial charge in [-0.05, 0) is 30.3 Å². The number of nitrogens with zero attached hydrogens (tertiary/aromatic N) is 3. The van der Waals surface area contributed by atoms with Crippen LogP contribution in [0, 0.1) is 0 Å². The number of aldehydes is 1. The van der Waals surface area contributed by atoms with Crippen LogP contribution in [0.4, 0.5) is 0 Å². The molecule has 0 radical (unpaired) electrons. The maximum atomic E-state index is 10.5. The highest BCUT2D eigenvalue weighted by Gasteiger charge is 2.04. The van der Waals surface area contributed by atoms with Crippen molar-refractivity contribution in [2.24, 2.45) is 0 Å². The summed E-state index contributed by atoms with van der Waals surface area (Å²) in [6.07, 6.45) is 0.777. The Balaban J connectivity index is 2.53. The normalized spacial score (nSPS) is 10.4. The Hall–Kier alpha value is -1.91. The zero-order chi connectivity index (χ0) is 9.97. The van der Waals surface area contributed by atoms with Gasteiger partial charge in [0, 0.05) is 5.56 Å². The molecule has 1 aromatic heterocycles. The molecule has 0 aliphatic heterocycles. The summed E-state index contributed by atoms with van der Waals surface area (Å²) >= 11 is 0. The third-order valence-corrected chi connectivity index (χ3v) is 1.83. The molecule has 0 aliphatic carbocycles. The van der Waals surface area contributed by atoms with Crippen molar-refractivity contribution in [2.45, 2.75) is 6.92 Å². The first-order valence-electron chi connectivity index (χ1n) is 4.29. The van der Waals surface area contributed by atoms with Crippen molar-refractivity contribution in [3.05, 3.63) is 23.8 Å². The number of hydrogen-bond donors (Lipinski definition) is 0. The fourth-order valence-electron chi connectivity index (χ4n) is 1.21. The van der Waals surface area contributed by atoms with Gasteiger partial charge >= 0.3 is 0 Å². The zero-order valence-corrected chi connectivity index (χ0v) is 7.67. The van der Waals surface area contributed by atoms with E-state index in [1.807, 2.05) is 6.92 Å². The number of carbonyl (C=O) groups excluding carboxylic acids is 1. The number of aromatic nitrogens is 3. The lowest BCUT2D eigenvalue weighted by Crippen LogP contribution is -2.11. The highest BCUT2D eigenvalue weighted by Crippen LogP contribution is 2.11. The predicted molar refractivity (Wildman–Crippen MR) is 50.0 cm³/mol. The van der Waals surface area contributed by atoms with Crippen molar-refractivity contribution in [2.75, 3.05) is 6.61 Å². The van der Waals surface area contributed by atoms with E-state index in [2.05, 4.69) is 10.3 Å². The Labute approximate surface area is 80.2 Å². The minimum absolute atomic E-state index is 0.522. The van der Waals surface area contributed by atoms with Crippen molar-refractivity contribution >= 4 is 17.3 Å². The summed E-state index contributed by atoms with van der Waals surface area (Å²) in [4.78, 5) is 17.0. The zero-order valence-electron chi connectivity index (χ0n) is 7.67. The second-order valence-corrected chi connectivity index (χ2v) is 2.75. The highest BCUT2D eigenvalue weighted by molar-refractivity contribution is 5.84. The van der Waals surface area contributed by atoms with E-state index in [1.54, 1.807) is 18.2 Å². The van der Waals surface area contributed by atoms with Gasteiger partial charge in [-0.2, -0.15) is 0 Å². The van der Waals surface area contributed by atoms with Gasteiger partial charge in [-0.15, -0.1) is 5.10 Å². The first-order valence-corrected chi connectivity index (χ1v) is 4.29. The summed E-state index contributed by atoms with van der Waals surface area (Å²) in [5, 5.41) is 7.66. The van der Waals surface area contributed by atoms with Crippen LogP contribution >= 0.6 is 0 Å². The molecule has 1 heterocycles. The van der Waals surface area contributed by atoms with E-state index in [0.717, 1.165) is 11.8 Å². The third kappa shape index (κ3) is 1.32. The van der Waals surface area contributed by atoms with Crippen LogP contribution in [0.1, 0.15) is 17.3 Å². The van der Waals surface area contributed by atoms with Gasteiger partial charge in [-0.1, -0.05) is 4.85 Å². The molecular formula is C9H9N3O2. The van der Waals surface area contributed by atoms with Crippen molar-refractivity contribution in [3.8, 4) is 0 Å². The quantitative estimate of drug-likeness (QED) is 0.670. The van der Waals surface area contributed by atoms with Crippen molar-refractivity contribution < 1.29 is 9.63 Å². The van der Waals surface area contributed by atoms with Crippen molar-refractivity contribution in [1.82, 2.24) is 15.2 Å². The molecule has 0 saturated heterocycles. The van der Waals surface area contributed by atoms with Crippen LogP contribution in [-0.2, 0) is 0 Å². The average molecular weight is 191 g/mol. The summed E-state index contributed by atoms with van der Waals surface area (Å²) in [5.74, 6) is 0. The molecule has 72 valence electrons. The maximum absolute atomic E-state index is 10.5. The van der Waals surface area contributed by atoms with Crippen LogP contribution in [0.3, 0.4) is 0 Å². The number of carbonyl (C=O) groups is 1. The summed E-state index contributed by atoms with van der Waals surface area (Å²) < 4.78 is 0. The molecule has 0 aliphatic rings. The summed E-state index contributed by atoms with van der Waals surface area (Å²) in [6.45, 7) is 2.39. The Morgan fingerprint density at radius 2 is 2.43 bits per heavy atom. The lowest BCUT2D eigenvalue weighted by atomic mass is 10.2. The Kier molecular flexibility index (Phi) is 2.14. The smallest absolute Gasteiger partial charge is 0.150 e. The summed E-state index contributed by atoms with van der Waals surface area (Å²) in [7, 11) is 0. The second kappa shape index (κ2) is 3.45. The molecule has 1 aromatic carbocycles. The van der Waals surface area contributed by atoms with Gasteiger partial charge in [0.1, 0.15) is 23.9 Å². The minimum Gasteiger partial charge on any atom is -0.395 e. The average Bonchev–Trinajstić information content (AvgIpc) is 2.61. The van der Waals surface area contributed by atoms with Crippen LogP contribution < -0.4 is 4.84 Å². The Morgan fingerprint density at radius 3 is 3.14 bits per heavy atom. The molecule has 0 N–H and O–H groups in total. The molecule has 14 heavy (non-hydrogen) atoms. The van der Waals surface area contributed by atoms with E-state index >= 15 is 0 Å². The number of benzene rings is 1. The topological polar surface area (TPSA) is 57.0 Å². The summed E-state index contributed by atoms with van der Waals surface area (Å²) in [5.41, 5.74) is 2.00. The van der Waals surface area contributed by atoms with E-state index < -0.39 is 0 Å². The maximum Gasteiger partial charge on any atom is 0.150 e. The van der Waals surface area contributed by atoms with Gasteiger partial charge in [0.05, 0.1) is 0 Å². The third-order valence-electron chi connectivity index (χ3n) is 1.83. The molecule has 2 aromatic rings. The highest BCUT2D eigenvalue weighted by atomic mass is 16.7. The molecule has 5 nitrogen and oxygen atoms in total. The van der Waals surface area contributed by atoms with Crippen LogP contribution in [0.2, 0.25) is 0 Å². The Morgan fingerprint density at radius 1 is 1.57 bits per heavy atom. The first kappa shape index (κ1) is 8.68. The lowest BCUT2D eigenvalue weighted by Gasteiger charge is -2.00. The number of hydrogen-bond acceptors (Lipinski definition) is 4. The van der Waals surface area contributed by atoms with E-state index in [9.17, 15) is 4.79 Å². The number of fused-ring (bicyclic) bond motifs is 1. The molecule has 5 heteroatoms. The largest absolute Gasteiger partial charge is 0.395 e. The van der Waals surface area contributed by atoms with Gasteiger partial charge in [0.2, 0.25) is 0 Å². The predicted octanol–water partition coefficient (Wildman–Crippen LogP) is 0.692. The van der Waals surface area contributed by atoms with Crippen molar-refractivity contribution in [1.29, 1.82) is 0 Å². The molecule has 0 spiro atoms. The fraction of sp³-hybridized carbons (Fsp3) is 0.222. The van der Waals surface area contributed by atoms with Gasteiger partial charge in [-0.25, -0.2) is 0 Å². The van der Waals surface area contributed by atoms with Gasteiger partial charge in [0.15, 0.2) is 0 Å². The molecule has 0 saturated carbocycles. The molecular weight excluding hydrogens is 182 g/mol. The standard InChI is InChI=1S/C9H9N3O2/c1-2-14-12-9-4-3-7(6-13)5-8(9)10-11-12/h3-6H,2H2,1H3. The van der Waals surface area contributed by atoms with E-state index in [0.29, 0.717) is 17.7 Å². The fourth-order valence-corrected chi connectivity index (χ4v) is 1.21. The molecule has 0 amide bonds. The Bertz CT molecular complexity index is 464. The van der Waals surface area contributed by atoms with Crippen LogP contribution in [0.15, 0.2) is 18.2 Å². The van der Waals surface area contributed by atoms with Gasteiger partial charge in [-0.3, -0.25) is 4.79 Å². The van der Waals surface area contributed by atoms with E-state index in [4.69, 9.17) is 4.84 Å². The molecule has 0 atom stereocenters. The van der Waals surface area contributed by atoms with Gasteiger partial charge in [0.25, 0.3) is 0 Å². The molecule has 2 rings (SSSR count). The summed E-state index contributed by atoms with van der Waals surface area (Å²) in [6, 6.07) is 5.13. The van der Waals surface area contributed by atoms with E-state index in [-0.39, 0.29) is 0 Å². The minimum atomic E-state index is 0.522. The first-order chi connectivity index (χ1) is 6.85. The van der Waals surface area contributed by atoms with Gasteiger partial charge < -0.3 is 4.84 Å². The molecule has 0 fully saturated rings. The second-order valence-electron chi connectivity index (χ2n) is 2.75. The molecule has 0 bridgehead atoms. The number of rotatable bonds is 3.